The molecular weight excluding hydrogens is 502 g/mol. The number of hydrogen-bond acceptors (Lipinski definition) is 7. The number of benzene rings is 2. The summed E-state index contributed by atoms with van der Waals surface area (Å²) >= 11 is 2.87. The van der Waals surface area contributed by atoms with E-state index >= 15 is 0 Å². The normalized spacial score (nSPS) is 13.2. The Labute approximate surface area is 224 Å². The lowest BCUT2D eigenvalue weighted by atomic mass is 9.97. The molecule has 1 aliphatic carbocycles. The minimum absolute atomic E-state index is 0.0599. The van der Waals surface area contributed by atoms with E-state index in [2.05, 4.69) is 10.5 Å². The molecule has 37 heavy (non-hydrogen) atoms. The number of anilines is 1. The Morgan fingerprint density at radius 1 is 1.14 bits per heavy atom. The molecule has 5 rings (SSSR count). The number of fused-ring (bicyclic) bond motifs is 3. The zero-order chi connectivity index (χ0) is 25.9. The SMILES string of the molecule is Cc1ccc(-n2c(SCC(=O)NN=Cc3ccc(N(C)C)cc3)nc3sc4c(c3c2=O)CCCC4)cc1. The summed E-state index contributed by atoms with van der Waals surface area (Å²) in [5.41, 5.74) is 7.53. The zero-order valence-corrected chi connectivity index (χ0v) is 22.8. The Bertz CT molecular complexity index is 1520. The van der Waals surface area contributed by atoms with Gasteiger partial charge in [0, 0.05) is 24.7 Å². The van der Waals surface area contributed by atoms with E-state index in [9.17, 15) is 9.59 Å². The number of hydrazone groups is 1. The van der Waals surface area contributed by atoms with Gasteiger partial charge in [-0.1, -0.05) is 41.6 Å². The topological polar surface area (TPSA) is 79.6 Å². The lowest BCUT2D eigenvalue weighted by Crippen LogP contribution is -2.24. The maximum absolute atomic E-state index is 13.8. The van der Waals surface area contributed by atoms with E-state index in [0.29, 0.717) is 5.16 Å². The van der Waals surface area contributed by atoms with E-state index in [0.717, 1.165) is 64.0 Å². The summed E-state index contributed by atoms with van der Waals surface area (Å²) in [4.78, 5) is 35.3. The molecule has 0 aliphatic heterocycles. The maximum Gasteiger partial charge on any atom is 0.267 e. The molecule has 0 saturated heterocycles. The van der Waals surface area contributed by atoms with Gasteiger partial charge in [-0.25, -0.2) is 10.4 Å². The van der Waals surface area contributed by atoms with Gasteiger partial charge in [-0.05, 0) is 68.0 Å². The number of aromatic nitrogens is 2. The summed E-state index contributed by atoms with van der Waals surface area (Å²) in [6.07, 6.45) is 5.78. The fourth-order valence-electron chi connectivity index (χ4n) is 4.40. The number of thioether (sulfide) groups is 1. The fourth-order valence-corrected chi connectivity index (χ4v) is 6.51. The molecule has 0 atom stereocenters. The van der Waals surface area contributed by atoms with Crippen LogP contribution in [0.15, 0.2) is 63.6 Å². The number of hydrogen-bond donors (Lipinski definition) is 1. The summed E-state index contributed by atoms with van der Waals surface area (Å²) in [5.74, 6) is -0.173. The first-order valence-corrected chi connectivity index (χ1v) is 14.1. The molecule has 2 aromatic carbocycles. The van der Waals surface area contributed by atoms with Gasteiger partial charge >= 0.3 is 0 Å². The lowest BCUT2D eigenvalue weighted by molar-refractivity contribution is -0.118. The third-order valence-corrected chi connectivity index (χ3v) is 8.52. The highest BCUT2D eigenvalue weighted by Gasteiger charge is 2.23. The standard InChI is InChI=1S/C28H29N5O2S2/c1-18-8-12-21(13-9-18)33-27(35)25-22-6-4-5-7-23(22)37-26(25)30-28(33)36-17-24(34)31-29-16-19-10-14-20(15-11-19)32(2)3/h8-16H,4-7,17H2,1-3H3,(H,31,34). The second-order valence-corrected chi connectivity index (χ2v) is 11.4. The van der Waals surface area contributed by atoms with Crippen molar-refractivity contribution < 1.29 is 4.79 Å². The average Bonchev–Trinajstić information content (AvgIpc) is 3.27. The van der Waals surface area contributed by atoms with Gasteiger partial charge in [0.1, 0.15) is 4.83 Å². The van der Waals surface area contributed by atoms with Crippen molar-refractivity contribution in [1.82, 2.24) is 15.0 Å². The van der Waals surface area contributed by atoms with Gasteiger partial charge in [-0.3, -0.25) is 14.2 Å². The van der Waals surface area contributed by atoms with Gasteiger partial charge in [0.15, 0.2) is 5.16 Å². The summed E-state index contributed by atoms with van der Waals surface area (Å²) in [5, 5.41) is 5.34. The molecule has 7 nitrogen and oxygen atoms in total. The molecule has 1 aliphatic rings. The van der Waals surface area contributed by atoms with Crippen LogP contribution in [-0.2, 0) is 17.6 Å². The Morgan fingerprint density at radius 2 is 1.86 bits per heavy atom. The third kappa shape index (κ3) is 5.47. The Kier molecular flexibility index (Phi) is 7.43. The molecule has 9 heteroatoms. The molecule has 1 N–H and O–H groups in total. The van der Waals surface area contributed by atoms with E-state index < -0.39 is 0 Å². The molecule has 0 radical (unpaired) electrons. The second-order valence-electron chi connectivity index (χ2n) is 9.33. The Morgan fingerprint density at radius 3 is 2.59 bits per heavy atom. The molecule has 1 amide bonds. The van der Waals surface area contributed by atoms with Crippen LogP contribution >= 0.6 is 23.1 Å². The first-order chi connectivity index (χ1) is 17.9. The van der Waals surface area contributed by atoms with Crippen LogP contribution in [0.25, 0.3) is 15.9 Å². The molecule has 0 bridgehead atoms. The van der Waals surface area contributed by atoms with Crippen molar-refractivity contribution in [3.8, 4) is 5.69 Å². The molecule has 2 aromatic heterocycles. The van der Waals surface area contributed by atoms with E-state index in [1.165, 1.54) is 16.6 Å². The minimum atomic E-state index is -0.263. The molecule has 0 fully saturated rings. The summed E-state index contributed by atoms with van der Waals surface area (Å²) in [6, 6.07) is 15.7. The van der Waals surface area contributed by atoms with Gasteiger partial charge in [-0.15, -0.1) is 11.3 Å². The molecule has 0 unspecified atom stereocenters. The molecule has 0 saturated carbocycles. The van der Waals surface area contributed by atoms with Crippen LogP contribution in [0, 0.1) is 6.92 Å². The van der Waals surface area contributed by atoms with Crippen molar-refractivity contribution >= 4 is 51.1 Å². The van der Waals surface area contributed by atoms with E-state index in [1.807, 2.05) is 74.4 Å². The number of carbonyl (C=O) groups excluding carboxylic acids is 1. The van der Waals surface area contributed by atoms with Crippen LogP contribution in [0.5, 0.6) is 0 Å². The molecule has 190 valence electrons. The van der Waals surface area contributed by atoms with Crippen molar-refractivity contribution in [2.24, 2.45) is 5.10 Å². The lowest BCUT2D eigenvalue weighted by Gasteiger charge is -2.13. The highest BCUT2D eigenvalue weighted by atomic mass is 32.2. The van der Waals surface area contributed by atoms with Crippen molar-refractivity contribution in [3.63, 3.8) is 0 Å². The highest BCUT2D eigenvalue weighted by Crippen LogP contribution is 2.35. The zero-order valence-electron chi connectivity index (χ0n) is 21.2. The van der Waals surface area contributed by atoms with Gasteiger partial charge < -0.3 is 4.90 Å². The highest BCUT2D eigenvalue weighted by molar-refractivity contribution is 7.99. The number of aryl methyl sites for hydroxylation is 3. The smallest absolute Gasteiger partial charge is 0.267 e. The Balaban J connectivity index is 1.38. The minimum Gasteiger partial charge on any atom is -0.378 e. The van der Waals surface area contributed by atoms with Crippen molar-refractivity contribution in [1.29, 1.82) is 0 Å². The maximum atomic E-state index is 13.8. The Hall–Kier alpha value is -3.43. The average molecular weight is 532 g/mol. The van der Waals surface area contributed by atoms with E-state index in [4.69, 9.17) is 4.98 Å². The molecule has 4 aromatic rings. The van der Waals surface area contributed by atoms with E-state index in [1.54, 1.807) is 22.1 Å². The van der Waals surface area contributed by atoms with Gasteiger partial charge in [0.05, 0.1) is 23.0 Å². The quantitative estimate of drug-likeness (QED) is 0.158. The number of amides is 1. The predicted octanol–water partition coefficient (Wildman–Crippen LogP) is 4.94. The number of thiophene rings is 1. The summed E-state index contributed by atoms with van der Waals surface area (Å²) < 4.78 is 1.65. The molecular formula is C28H29N5O2S2. The van der Waals surface area contributed by atoms with Crippen LogP contribution in [-0.4, -0.2) is 41.5 Å². The van der Waals surface area contributed by atoms with Gasteiger partial charge in [-0.2, -0.15) is 5.10 Å². The third-order valence-electron chi connectivity index (χ3n) is 6.40. The first-order valence-electron chi connectivity index (χ1n) is 12.3. The van der Waals surface area contributed by atoms with Gasteiger partial charge in [0.25, 0.3) is 11.5 Å². The fraction of sp³-hybridized carbons (Fsp3) is 0.286. The number of rotatable bonds is 7. The molecule has 0 spiro atoms. The monoisotopic (exact) mass is 531 g/mol. The van der Waals surface area contributed by atoms with Crippen LogP contribution in [0.3, 0.4) is 0 Å². The van der Waals surface area contributed by atoms with Crippen molar-refractivity contribution in [3.05, 3.63) is 80.5 Å². The van der Waals surface area contributed by atoms with Crippen LogP contribution in [0.4, 0.5) is 5.69 Å². The van der Waals surface area contributed by atoms with Crippen LogP contribution < -0.4 is 15.9 Å². The van der Waals surface area contributed by atoms with Crippen LogP contribution in [0.2, 0.25) is 0 Å². The number of carbonyl (C=O) groups is 1. The predicted molar refractivity (Wildman–Crippen MR) is 154 cm³/mol. The largest absolute Gasteiger partial charge is 0.378 e. The number of nitrogens with zero attached hydrogens (tertiary/aromatic N) is 4. The molecule has 2 heterocycles. The van der Waals surface area contributed by atoms with Crippen molar-refractivity contribution in [2.75, 3.05) is 24.7 Å². The summed E-state index contributed by atoms with van der Waals surface area (Å²) in [6.45, 7) is 2.01. The van der Waals surface area contributed by atoms with E-state index in [-0.39, 0.29) is 17.2 Å². The first kappa shape index (κ1) is 25.2. The second kappa shape index (κ2) is 10.9. The summed E-state index contributed by atoms with van der Waals surface area (Å²) in [7, 11) is 3.97. The van der Waals surface area contributed by atoms with Crippen LogP contribution in [0.1, 0.15) is 34.4 Å². The number of nitrogens with one attached hydrogen (secondary N) is 1. The van der Waals surface area contributed by atoms with Crippen molar-refractivity contribution in [2.45, 2.75) is 37.8 Å². The van der Waals surface area contributed by atoms with Gasteiger partial charge in [0.2, 0.25) is 0 Å².